The van der Waals surface area contributed by atoms with E-state index < -0.39 is 0 Å². The number of carbonyl (C=O) groups is 1. The second-order valence-corrected chi connectivity index (χ2v) is 4.13. The van der Waals surface area contributed by atoms with Crippen molar-refractivity contribution < 1.29 is 9.53 Å². The van der Waals surface area contributed by atoms with Gasteiger partial charge in [-0.15, -0.1) is 5.10 Å². The second-order valence-electron chi connectivity index (χ2n) is 3.52. The molecule has 2 rings (SSSR count). The fourth-order valence-electron chi connectivity index (χ4n) is 1.47. The molecule has 18 heavy (non-hydrogen) atoms. The average Bonchev–Trinajstić information content (AvgIpc) is 2.90. The summed E-state index contributed by atoms with van der Waals surface area (Å²) >= 11 is 1.30. The molecule has 0 fully saturated rings. The summed E-state index contributed by atoms with van der Waals surface area (Å²) in [6.45, 7) is 2.69. The molecule has 1 aromatic heterocycles. The third-order valence-corrected chi connectivity index (χ3v) is 2.84. The molecule has 6 heteroatoms. The number of hydrogen-bond acceptors (Lipinski definition) is 6. The van der Waals surface area contributed by atoms with Gasteiger partial charge in [0.2, 0.25) is 0 Å². The van der Waals surface area contributed by atoms with Gasteiger partial charge in [-0.25, -0.2) is 4.79 Å². The number of nitrogens with one attached hydrogen (secondary N) is 1. The zero-order valence-electron chi connectivity index (χ0n) is 9.92. The number of hydrogen-bond donors (Lipinski definition) is 1. The summed E-state index contributed by atoms with van der Waals surface area (Å²) in [6.07, 6.45) is 0. The van der Waals surface area contributed by atoms with E-state index >= 15 is 0 Å². The summed E-state index contributed by atoms with van der Waals surface area (Å²) in [5, 5.41) is 8.95. The van der Waals surface area contributed by atoms with E-state index in [0.29, 0.717) is 18.7 Å². The van der Waals surface area contributed by atoms with Gasteiger partial charge in [0, 0.05) is 11.1 Å². The molecule has 0 amide bonds. The molecule has 94 valence electrons. The average molecular weight is 263 g/mol. The van der Waals surface area contributed by atoms with E-state index in [1.54, 1.807) is 13.0 Å². The van der Waals surface area contributed by atoms with Crippen LogP contribution in [0.25, 0.3) is 0 Å². The molecule has 1 N–H and O–H groups in total. The summed E-state index contributed by atoms with van der Waals surface area (Å²) in [5.74, 6) is -0.322. The molecule has 2 aromatic rings. The minimum Gasteiger partial charge on any atom is -0.462 e. The Morgan fingerprint density at radius 3 is 3.00 bits per heavy atom. The van der Waals surface area contributed by atoms with Crippen LogP contribution in [0, 0.1) is 0 Å². The number of para-hydroxylation sites is 1. The molecule has 0 atom stereocenters. The Labute approximate surface area is 109 Å². The predicted molar refractivity (Wildman–Crippen MR) is 69.6 cm³/mol. The number of esters is 1. The summed E-state index contributed by atoms with van der Waals surface area (Å²) in [4.78, 5) is 11.7. The first-order chi connectivity index (χ1) is 8.81. The summed E-state index contributed by atoms with van der Waals surface area (Å²) in [7, 11) is 0. The lowest BCUT2D eigenvalue weighted by atomic mass is 10.2. The predicted octanol–water partition coefficient (Wildman–Crippen LogP) is 2.33. The van der Waals surface area contributed by atoms with E-state index in [9.17, 15) is 4.79 Å². The van der Waals surface area contributed by atoms with Crippen molar-refractivity contribution in [2.45, 2.75) is 13.5 Å². The minimum absolute atomic E-state index is 0.322. The fraction of sp³-hybridized carbons (Fsp3) is 0.250. The summed E-state index contributed by atoms with van der Waals surface area (Å²) < 4.78 is 8.78. The molecular formula is C12H13N3O2S. The zero-order valence-corrected chi connectivity index (χ0v) is 10.7. The van der Waals surface area contributed by atoms with Crippen LogP contribution in [0.15, 0.2) is 29.6 Å². The third-order valence-electron chi connectivity index (χ3n) is 2.29. The van der Waals surface area contributed by atoms with Crippen LogP contribution in [0.4, 0.5) is 5.69 Å². The van der Waals surface area contributed by atoms with Crippen molar-refractivity contribution in [1.82, 2.24) is 9.59 Å². The van der Waals surface area contributed by atoms with E-state index in [1.807, 2.05) is 23.6 Å². The van der Waals surface area contributed by atoms with Crippen LogP contribution in [0.1, 0.15) is 23.0 Å². The normalized spacial score (nSPS) is 10.1. The molecule has 0 saturated heterocycles. The molecule has 5 nitrogen and oxygen atoms in total. The van der Waals surface area contributed by atoms with Gasteiger partial charge in [0.15, 0.2) is 0 Å². The molecule has 1 heterocycles. The van der Waals surface area contributed by atoms with Crippen LogP contribution in [0.3, 0.4) is 0 Å². The SMILES string of the molecule is CCOC(=O)c1ccccc1NCc1csnn1. The van der Waals surface area contributed by atoms with E-state index in [-0.39, 0.29) is 5.97 Å². The second kappa shape index (κ2) is 6.11. The van der Waals surface area contributed by atoms with E-state index in [1.165, 1.54) is 11.5 Å². The molecule has 0 aliphatic rings. The minimum atomic E-state index is -0.322. The number of benzene rings is 1. The molecule has 0 radical (unpaired) electrons. The Morgan fingerprint density at radius 2 is 2.28 bits per heavy atom. The molecule has 0 saturated carbocycles. The lowest BCUT2D eigenvalue weighted by molar-refractivity contribution is 0.0527. The van der Waals surface area contributed by atoms with Crippen molar-refractivity contribution in [2.24, 2.45) is 0 Å². The van der Waals surface area contributed by atoms with Gasteiger partial charge in [0.05, 0.1) is 24.4 Å². The maximum absolute atomic E-state index is 11.7. The fourth-order valence-corrected chi connectivity index (χ4v) is 1.92. The molecular weight excluding hydrogens is 250 g/mol. The quantitative estimate of drug-likeness (QED) is 0.839. The van der Waals surface area contributed by atoms with Gasteiger partial charge >= 0.3 is 5.97 Å². The molecule has 0 unspecified atom stereocenters. The Kier molecular flexibility index (Phi) is 4.25. The van der Waals surface area contributed by atoms with Crippen molar-refractivity contribution in [3.05, 3.63) is 40.9 Å². The van der Waals surface area contributed by atoms with Gasteiger partial charge in [-0.05, 0) is 30.6 Å². The van der Waals surface area contributed by atoms with Crippen LogP contribution in [-0.2, 0) is 11.3 Å². The van der Waals surface area contributed by atoms with Crippen molar-refractivity contribution in [3.63, 3.8) is 0 Å². The van der Waals surface area contributed by atoms with Crippen molar-refractivity contribution in [2.75, 3.05) is 11.9 Å². The molecule has 0 bridgehead atoms. The van der Waals surface area contributed by atoms with Crippen LogP contribution >= 0.6 is 11.5 Å². The Balaban J connectivity index is 2.09. The van der Waals surface area contributed by atoms with Crippen molar-refractivity contribution >= 4 is 23.2 Å². The van der Waals surface area contributed by atoms with E-state index in [2.05, 4.69) is 14.9 Å². The highest BCUT2D eigenvalue weighted by molar-refractivity contribution is 7.03. The number of carbonyl (C=O) groups excluding carboxylic acids is 1. The summed E-state index contributed by atoms with van der Waals surface area (Å²) in [6, 6.07) is 7.25. The highest BCUT2D eigenvalue weighted by Crippen LogP contribution is 2.17. The van der Waals surface area contributed by atoms with Crippen molar-refractivity contribution in [3.8, 4) is 0 Å². The van der Waals surface area contributed by atoms with Gasteiger partial charge in [0.1, 0.15) is 0 Å². The first-order valence-electron chi connectivity index (χ1n) is 5.57. The van der Waals surface area contributed by atoms with Gasteiger partial charge < -0.3 is 10.1 Å². The van der Waals surface area contributed by atoms with Gasteiger partial charge in [-0.1, -0.05) is 16.6 Å². The van der Waals surface area contributed by atoms with Crippen LogP contribution in [0.5, 0.6) is 0 Å². The maximum Gasteiger partial charge on any atom is 0.340 e. The first-order valence-corrected chi connectivity index (χ1v) is 6.41. The van der Waals surface area contributed by atoms with Crippen LogP contribution in [0.2, 0.25) is 0 Å². The van der Waals surface area contributed by atoms with Gasteiger partial charge in [-0.2, -0.15) is 0 Å². The van der Waals surface area contributed by atoms with Crippen LogP contribution in [-0.4, -0.2) is 22.2 Å². The smallest absolute Gasteiger partial charge is 0.340 e. The highest BCUT2D eigenvalue weighted by atomic mass is 32.1. The Bertz CT molecular complexity index is 514. The van der Waals surface area contributed by atoms with E-state index in [0.717, 1.165) is 11.4 Å². The third kappa shape index (κ3) is 3.04. The van der Waals surface area contributed by atoms with Crippen LogP contribution < -0.4 is 5.32 Å². The molecule has 1 aromatic carbocycles. The molecule has 0 aliphatic carbocycles. The zero-order chi connectivity index (χ0) is 12.8. The topological polar surface area (TPSA) is 64.1 Å². The standard InChI is InChI=1S/C12H13N3O2S/c1-2-17-12(16)10-5-3-4-6-11(10)13-7-9-8-18-15-14-9/h3-6,8,13H,2,7H2,1H3. The number of rotatable bonds is 5. The lowest BCUT2D eigenvalue weighted by Crippen LogP contribution is -2.09. The Hall–Kier alpha value is -1.95. The first kappa shape index (κ1) is 12.5. The van der Waals surface area contributed by atoms with Gasteiger partial charge in [-0.3, -0.25) is 0 Å². The largest absolute Gasteiger partial charge is 0.462 e. The number of aromatic nitrogens is 2. The van der Waals surface area contributed by atoms with E-state index in [4.69, 9.17) is 4.74 Å². The molecule has 0 aliphatic heterocycles. The number of ether oxygens (including phenoxy) is 1. The number of anilines is 1. The van der Waals surface area contributed by atoms with Crippen molar-refractivity contribution in [1.29, 1.82) is 0 Å². The lowest BCUT2D eigenvalue weighted by Gasteiger charge is -2.09. The molecule has 0 spiro atoms. The number of nitrogens with zero attached hydrogens (tertiary/aromatic N) is 2. The Morgan fingerprint density at radius 1 is 1.44 bits per heavy atom. The maximum atomic E-state index is 11.7. The van der Waals surface area contributed by atoms with Gasteiger partial charge in [0.25, 0.3) is 0 Å². The monoisotopic (exact) mass is 263 g/mol. The summed E-state index contributed by atoms with van der Waals surface area (Å²) in [5.41, 5.74) is 2.12. The highest BCUT2D eigenvalue weighted by Gasteiger charge is 2.11.